The molecule has 0 amide bonds. The van der Waals surface area contributed by atoms with E-state index in [1.165, 1.54) is 10.8 Å². The number of nitrogens with one attached hydrogen (secondary N) is 1. The first-order chi connectivity index (χ1) is 7.16. The summed E-state index contributed by atoms with van der Waals surface area (Å²) in [5.41, 5.74) is 5.93. The van der Waals surface area contributed by atoms with E-state index in [0.29, 0.717) is 0 Å². The van der Waals surface area contributed by atoms with Crippen LogP contribution in [-0.2, 0) is 0 Å². The molecule has 2 aromatic rings. The van der Waals surface area contributed by atoms with Gasteiger partial charge in [0.25, 0.3) is 0 Å². The van der Waals surface area contributed by atoms with Crippen molar-refractivity contribution in [2.45, 2.75) is 18.7 Å². The van der Waals surface area contributed by atoms with Gasteiger partial charge in [0.2, 0.25) is 0 Å². The van der Waals surface area contributed by atoms with Gasteiger partial charge in [-0.1, -0.05) is 24.3 Å². The van der Waals surface area contributed by atoms with Crippen LogP contribution in [0.25, 0.3) is 10.8 Å². The summed E-state index contributed by atoms with van der Waals surface area (Å²) in [6.45, 7) is 4.11. The summed E-state index contributed by atoms with van der Waals surface area (Å²) >= 11 is 4.49. The van der Waals surface area contributed by atoms with Gasteiger partial charge >= 0.3 is 0 Å². The molecule has 0 aliphatic rings. The fourth-order valence-electron chi connectivity index (χ4n) is 1.94. The van der Waals surface area contributed by atoms with Crippen LogP contribution in [0.1, 0.15) is 11.1 Å². The summed E-state index contributed by atoms with van der Waals surface area (Å²) < 4.78 is 0. The molecule has 0 saturated carbocycles. The third-order valence-corrected chi connectivity index (χ3v) is 3.41. The van der Waals surface area contributed by atoms with Crippen LogP contribution in [0.2, 0.25) is 0 Å². The standard InChI is InChI=1S/C12H14N2S/c1-7-9-5-3-4-6-10(9)8(2)12(15)11(7)14-13/h3-6,14-15H,13H2,1-2H3. The van der Waals surface area contributed by atoms with E-state index < -0.39 is 0 Å². The fourth-order valence-corrected chi connectivity index (χ4v) is 2.29. The second kappa shape index (κ2) is 3.76. The topological polar surface area (TPSA) is 38.0 Å². The van der Waals surface area contributed by atoms with Gasteiger partial charge in [-0.2, -0.15) is 0 Å². The summed E-state index contributed by atoms with van der Waals surface area (Å²) in [6.07, 6.45) is 0. The smallest absolute Gasteiger partial charge is 0.0656 e. The van der Waals surface area contributed by atoms with E-state index in [2.05, 4.69) is 44.0 Å². The van der Waals surface area contributed by atoms with E-state index in [1.54, 1.807) is 0 Å². The second-order valence-electron chi connectivity index (χ2n) is 3.66. The number of thiol groups is 1. The molecule has 0 bridgehead atoms. The highest BCUT2D eigenvalue weighted by atomic mass is 32.1. The predicted molar refractivity (Wildman–Crippen MR) is 68.5 cm³/mol. The van der Waals surface area contributed by atoms with Gasteiger partial charge < -0.3 is 5.43 Å². The first-order valence-corrected chi connectivity index (χ1v) is 5.29. The molecular weight excluding hydrogens is 204 g/mol. The zero-order valence-electron chi connectivity index (χ0n) is 8.83. The van der Waals surface area contributed by atoms with E-state index in [0.717, 1.165) is 21.7 Å². The van der Waals surface area contributed by atoms with E-state index in [4.69, 9.17) is 5.84 Å². The highest BCUT2D eigenvalue weighted by molar-refractivity contribution is 7.80. The normalized spacial score (nSPS) is 10.7. The Morgan fingerprint density at radius 3 is 2.13 bits per heavy atom. The number of hydrogen-bond donors (Lipinski definition) is 3. The van der Waals surface area contributed by atoms with Crippen LogP contribution in [0.4, 0.5) is 5.69 Å². The van der Waals surface area contributed by atoms with Crippen molar-refractivity contribution in [3.05, 3.63) is 35.4 Å². The summed E-state index contributed by atoms with van der Waals surface area (Å²) in [5.74, 6) is 5.51. The largest absolute Gasteiger partial charge is 0.323 e. The minimum atomic E-state index is 0.912. The zero-order chi connectivity index (χ0) is 11.0. The molecule has 0 aromatic heterocycles. The number of rotatable bonds is 1. The number of hydrogen-bond acceptors (Lipinski definition) is 3. The summed E-state index contributed by atoms with van der Waals surface area (Å²) in [7, 11) is 0. The van der Waals surface area contributed by atoms with Crippen LogP contribution in [0.3, 0.4) is 0 Å². The molecule has 0 heterocycles. The quantitative estimate of drug-likeness (QED) is 0.391. The summed E-state index contributed by atoms with van der Waals surface area (Å²) in [6, 6.07) is 8.29. The first kappa shape index (κ1) is 10.3. The Kier molecular flexibility index (Phi) is 2.59. The second-order valence-corrected chi connectivity index (χ2v) is 4.11. The summed E-state index contributed by atoms with van der Waals surface area (Å²) in [5, 5.41) is 2.46. The molecule has 2 rings (SSSR count). The highest BCUT2D eigenvalue weighted by Crippen LogP contribution is 2.34. The minimum Gasteiger partial charge on any atom is -0.323 e. The molecule has 0 unspecified atom stereocenters. The van der Waals surface area contributed by atoms with Crippen LogP contribution in [0, 0.1) is 13.8 Å². The molecule has 78 valence electrons. The van der Waals surface area contributed by atoms with Gasteiger partial charge in [0.05, 0.1) is 5.69 Å². The van der Waals surface area contributed by atoms with Gasteiger partial charge in [-0.05, 0) is 35.7 Å². The Morgan fingerprint density at radius 2 is 1.60 bits per heavy atom. The van der Waals surface area contributed by atoms with Crippen molar-refractivity contribution in [3.63, 3.8) is 0 Å². The lowest BCUT2D eigenvalue weighted by molar-refractivity contribution is 1.23. The lowest BCUT2D eigenvalue weighted by Gasteiger charge is -2.15. The minimum absolute atomic E-state index is 0.912. The molecule has 0 atom stereocenters. The van der Waals surface area contributed by atoms with Crippen molar-refractivity contribution < 1.29 is 0 Å². The number of anilines is 1. The number of hydrazine groups is 1. The van der Waals surface area contributed by atoms with Crippen LogP contribution in [0.5, 0.6) is 0 Å². The monoisotopic (exact) mass is 218 g/mol. The van der Waals surface area contributed by atoms with Gasteiger partial charge in [-0.3, -0.25) is 5.84 Å². The van der Waals surface area contributed by atoms with Gasteiger partial charge in [0.1, 0.15) is 0 Å². The van der Waals surface area contributed by atoms with Crippen LogP contribution in [0.15, 0.2) is 29.2 Å². The summed E-state index contributed by atoms with van der Waals surface area (Å²) in [4.78, 5) is 0.925. The van der Waals surface area contributed by atoms with Gasteiger partial charge in [0, 0.05) is 4.90 Å². The van der Waals surface area contributed by atoms with Crippen molar-refractivity contribution in [1.29, 1.82) is 0 Å². The molecule has 0 radical (unpaired) electrons. The number of aryl methyl sites for hydroxylation is 2. The Morgan fingerprint density at radius 1 is 1.07 bits per heavy atom. The lowest BCUT2D eigenvalue weighted by atomic mass is 9.99. The van der Waals surface area contributed by atoms with E-state index in [-0.39, 0.29) is 0 Å². The number of benzene rings is 2. The molecule has 3 heteroatoms. The Bertz CT molecular complexity index is 521. The van der Waals surface area contributed by atoms with E-state index in [1.807, 2.05) is 12.1 Å². The number of nitrogen functional groups attached to an aromatic ring is 1. The fraction of sp³-hybridized carbons (Fsp3) is 0.167. The van der Waals surface area contributed by atoms with Crippen molar-refractivity contribution in [1.82, 2.24) is 0 Å². The molecule has 0 spiro atoms. The van der Waals surface area contributed by atoms with E-state index in [9.17, 15) is 0 Å². The average Bonchev–Trinajstić information content (AvgIpc) is 2.27. The number of fused-ring (bicyclic) bond motifs is 1. The molecule has 3 N–H and O–H groups in total. The molecule has 0 saturated heterocycles. The van der Waals surface area contributed by atoms with Crippen LogP contribution < -0.4 is 11.3 Å². The molecule has 2 aromatic carbocycles. The predicted octanol–water partition coefficient (Wildman–Crippen LogP) is 3.03. The third-order valence-electron chi connectivity index (χ3n) is 2.85. The molecule has 15 heavy (non-hydrogen) atoms. The van der Waals surface area contributed by atoms with E-state index >= 15 is 0 Å². The highest BCUT2D eigenvalue weighted by Gasteiger charge is 2.10. The van der Waals surface area contributed by atoms with Crippen molar-refractivity contribution in [2.24, 2.45) is 5.84 Å². The van der Waals surface area contributed by atoms with Crippen LogP contribution >= 0.6 is 12.6 Å². The molecule has 0 fully saturated rings. The Balaban J connectivity index is 2.96. The maximum atomic E-state index is 5.51. The zero-order valence-corrected chi connectivity index (χ0v) is 9.73. The first-order valence-electron chi connectivity index (χ1n) is 4.84. The van der Waals surface area contributed by atoms with Gasteiger partial charge in [-0.25, -0.2) is 0 Å². The molecule has 0 aliphatic carbocycles. The lowest BCUT2D eigenvalue weighted by Crippen LogP contribution is -2.10. The van der Waals surface area contributed by atoms with Gasteiger partial charge in [0.15, 0.2) is 0 Å². The van der Waals surface area contributed by atoms with Crippen molar-refractivity contribution in [2.75, 3.05) is 5.43 Å². The Labute approximate surface area is 94.9 Å². The average molecular weight is 218 g/mol. The Hall–Kier alpha value is -1.19. The molecule has 2 nitrogen and oxygen atoms in total. The SMILES string of the molecule is Cc1c(S)c(NN)c(C)c2ccccc12. The van der Waals surface area contributed by atoms with Crippen LogP contribution in [-0.4, -0.2) is 0 Å². The van der Waals surface area contributed by atoms with Crippen molar-refractivity contribution >= 4 is 29.1 Å². The molecular formula is C12H14N2S. The maximum absolute atomic E-state index is 5.51. The van der Waals surface area contributed by atoms with Gasteiger partial charge in [-0.15, -0.1) is 12.6 Å². The van der Waals surface area contributed by atoms with Crippen molar-refractivity contribution in [3.8, 4) is 0 Å². The number of nitrogens with two attached hydrogens (primary N) is 1. The third kappa shape index (κ3) is 1.48. The molecule has 0 aliphatic heterocycles. The maximum Gasteiger partial charge on any atom is 0.0656 e.